The molecule has 0 aromatic heterocycles. The van der Waals surface area contributed by atoms with E-state index in [0.29, 0.717) is 13.1 Å². The van der Waals surface area contributed by atoms with Gasteiger partial charge < -0.3 is 10.6 Å². The van der Waals surface area contributed by atoms with E-state index < -0.39 is 11.6 Å². The fourth-order valence-electron chi connectivity index (χ4n) is 2.35. The molecule has 1 amide bonds. The van der Waals surface area contributed by atoms with Crippen molar-refractivity contribution >= 4 is 18.3 Å². The predicted octanol–water partition coefficient (Wildman–Crippen LogP) is 2.12. The summed E-state index contributed by atoms with van der Waals surface area (Å²) in [5.74, 6) is -1.80. The highest BCUT2D eigenvalue weighted by molar-refractivity contribution is 5.85. The summed E-state index contributed by atoms with van der Waals surface area (Å²) in [6.07, 6.45) is 0.643. The van der Waals surface area contributed by atoms with Crippen molar-refractivity contribution in [1.29, 1.82) is 0 Å². The number of rotatable bonds is 2. The molecule has 1 saturated heterocycles. The maximum atomic E-state index is 13.5. The van der Waals surface area contributed by atoms with Crippen molar-refractivity contribution in [2.45, 2.75) is 25.8 Å². The van der Waals surface area contributed by atoms with Crippen molar-refractivity contribution in [2.24, 2.45) is 11.7 Å². The Kier molecular flexibility index (Phi) is 5.89. The zero-order chi connectivity index (χ0) is 14.0. The molecule has 1 aliphatic rings. The maximum absolute atomic E-state index is 13.5. The Labute approximate surface area is 123 Å². The van der Waals surface area contributed by atoms with Crippen molar-refractivity contribution in [2.75, 3.05) is 13.1 Å². The lowest BCUT2D eigenvalue weighted by molar-refractivity contribution is -0.132. The zero-order valence-corrected chi connectivity index (χ0v) is 12.1. The first-order valence-corrected chi connectivity index (χ1v) is 6.45. The van der Waals surface area contributed by atoms with Gasteiger partial charge in [-0.05, 0) is 18.4 Å². The molecule has 0 radical (unpaired) electrons. The van der Waals surface area contributed by atoms with Crippen molar-refractivity contribution in [3.63, 3.8) is 0 Å². The number of benzene rings is 1. The molecule has 2 rings (SSSR count). The van der Waals surface area contributed by atoms with Crippen LogP contribution in [0.4, 0.5) is 8.78 Å². The summed E-state index contributed by atoms with van der Waals surface area (Å²) in [5, 5.41) is 0. The quantitative estimate of drug-likeness (QED) is 0.910. The van der Waals surface area contributed by atoms with Crippen LogP contribution in [0, 0.1) is 17.6 Å². The summed E-state index contributed by atoms with van der Waals surface area (Å²) in [4.78, 5) is 13.8. The van der Waals surface area contributed by atoms with Crippen LogP contribution >= 0.6 is 12.4 Å². The Morgan fingerprint density at radius 3 is 2.80 bits per heavy atom. The molecule has 1 heterocycles. The van der Waals surface area contributed by atoms with Crippen LogP contribution in [0.25, 0.3) is 0 Å². The van der Waals surface area contributed by atoms with Gasteiger partial charge in [-0.1, -0.05) is 19.1 Å². The number of carbonyl (C=O) groups excluding carboxylic acids is 1. The molecule has 2 N–H and O–H groups in total. The molecule has 112 valence electrons. The lowest BCUT2D eigenvalue weighted by atomic mass is 9.94. The molecule has 0 spiro atoms. The van der Waals surface area contributed by atoms with Gasteiger partial charge in [0.15, 0.2) is 11.6 Å². The Morgan fingerprint density at radius 2 is 2.15 bits per heavy atom. The molecule has 1 fully saturated rings. The number of nitrogens with zero attached hydrogens (tertiary/aromatic N) is 1. The Bertz CT molecular complexity index is 484. The summed E-state index contributed by atoms with van der Waals surface area (Å²) in [6, 6.07) is 4.01. The van der Waals surface area contributed by atoms with E-state index in [1.807, 2.05) is 6.92 Å². The summed E-state index contributed by atoms with van der Waals surface area (Å²) < 4.78 is 26.6. The highest BCUT2D eigenvalue weighted by atomic mass is 35.5. The lowest BCUT2D eigenvalue weighted by Gasteiger charge is -2.35. The molecule has 6 heteroatoms. The average Bonchev–Trinajstić information content (AvgIpc) is 2.38. The molecule has 3 nitrogen and oxygen atoms in total. The van der Waals surface area contributed by atoms with Crippen LogP contribution in [0.5, 0.6) is 0 Å². The average molecular weight is 305 g/mol. The fourth-order valence-corrected chi connectivity index (χ4v) is 2.35. The Morgan fingerprint density at radius 1 is 1.45 bits per heavy atom. The number of hydrogen-bond donors (Lipinski definition) is 1. The minimum atomic E-state index is -0.933. The molecule has 20 heavy (non-hydrogen) atoms. The normalized spacial score (nSPS) is 22.3. The van der Waals surface area contributed by atoms with Gasteiger partial charge in [0.1, 0.15) is 0 Å². The van der Waals surface area contributed by atoms with Gasteiger partial charge in [0.25, 0.3) is 0 Å². The van der Waals surface area contributed by atoms with E-state index in [1.54, 1.807) is 4.90 Å². The van der Waals surface area contributed by atoms with E-state index in [-0.39, 0.29) is 42.3 Å². The van der Waals surface area contributed by atoms with Crippen LogP contribution < -0.4 is 5.73 Å². The molecule has 2 atom stereocenters. The monoisotopic (exact) mass is 304 g/mol. The second-order valence-corrected chi connectivity index (χ2v) is 5.16. The first-order chi connectivity index (χ1) is 8.99. The van der Waals surface area contributed by atoms with Crippen molar-refractivity contribution < 1.29 is 13.6 Å². The SMILES string of the molecule is CC1CN(C(=O)Cc2cccc(F)c2F)CCC1N.Cl. The first kappa shape index (κ1) is 16.9. The van der Waals surface area contributed by atoms with Gasteiger partial charge in [-0.2, -0.15) is 0 Å². The van der Waals surface area contributed by atoms with E-state index in [2.05, 4.69) is 0 Å². The van der Waals surface area contributed by atoms with Gasteiger partial charge in [-0.3, -0.25) is 4.79 Å². The second kappa shape index (κ2) is 6.99. The number of nitrogens with two attached hydrogens (primary N) is 1. The van der Waals surface area contributed by atoms with Crippen LogP contribution in [0.15, 0.2) is 18.2 Å². The van der Waals surface area contributed by atoms with Gasteiger partial charge >= 0.3 is 0 Å². The maximum Gasteiger partial charge on any atom is 0.227 e. The standard InChI is InChI=1S/C14H18F2N2O.ClH/c1-9-8-18(6-5-12(9)17)13(19)7-10-3-2-4-11(15)14(10)16;/h2-4,9,12H,5-8,17H2,1H3;1H. The molecule has 1 aromatic carbocycles. The lowest BCUT2D eigenvalue weighted by Crippen LogP contribution is -2.48. The smallest absolute Gasteiger partial charge is 0.227 e. The van der Waals surface area contributed by atoms with Crippen LogP contribution in [0.3, 0.4) is 0 Å². The van der Waals surface area contributed by atoms with Crippen molar-refractivity contribution in [3.8, 4) is 0 Å². The Balaban J connectivity index is 0.00000200. The van der Waals surface area contributed by atoms with Crippen LogP contribution in [-0.4, -0.2) is 29.9 Å². The molecule has 0 bridgehead atoms. The molecule has 0 aliphatic carbocycles. The minimum Gasteiger partial charge on any atom is -0.342 e. The second-order valence-electron chi connectivity index (χ2n) is 5.16. The molecule has 1 aromatic rings. The van der Waals surface area contributed by atoms with Gasteiger partial charge in [0, 0.05) is 24.7 Å². The molecule has 2 unspecified atom stereocenters. The third-order valence-corrected chi connectivity index (χ3v) is 3.70. The summed E-state index contributed by atoms with van der Waals surface area (Å²) in [7, 11) is 0. The summed E-state index contributed by atoms with van der Waals surface area (Å²) in [6.45, 7) is 3.16. The highest BCUT2D eigenvalue weighted by Crippen LogP contribution is 2.18. The van der Waals surface area contributed by atoms with Gasteiger partial charge in [0.2, 0.25) is 5.91 Å². The van der Waals surface area contributed by atoms with E-state index in [0.717, 1.165) is 12.5 Å². The predicted molar refractivity (Wildman–Crippen MR) is 75.6 cm³/mol. The number of hydrogen-bond acceptors (Lipinski definition) is 2. The summed E-state index contributed by atoms with van der Waals surface area (Å²) in [5.41, 5.74) is 5.99. The number of piperidine rings is 1. The number of halogens is 3. The molecular formula is C14H19ClF2N2O. The third kappa shape index (κ3) is 3.67. The van der Waals surface area contributed by atoms with Crippen LogP contribution in [0.2, 0.25) is 0 Å². The van der Waals surface area contributed by atoms with Crippen LogP contribution in [0.1, 0.15) is 18.9 Å². The van der Waals surface area contributed by atoms with E-state index in [1.165, 1.54) is 12.1 Å². The van der Waals surface area contributed by atoms with Crippen molar-refractivity contribution in [3.05, 3.63) is 35.4 Å². The first-order valence-electron chi connectivity index (χ1n) is 6.45. The Hall–Kier alpha value is -1.20. The van der Waals surface area contributed by atoms with Gasteiger partial charge in [-0.25, -0.2) is 8.78 Å². The van der Waals surface area contributed by atoms with E-state index in [9.17, 15) is 13.6 Å². The largest absolute Gasteiger partial charge is 0.342 e. The van der Waals surface area contributed by atoms with E-state index in [4.69, 9.17) is 5.73 Å². The third-order valence-electron chi connectivity index (χ3n) is 3.70. The number of likely N-dealkylation sites (tertiary alicyclic amines) is 1. The van der Waals surface area contributed by atoms with Crippen molar-refractivity contribution in [1.82, 2.24) is 4.90 Å². The van der Waals surface area contributed by atoms with Crippen LogP contribution in [-0.2, 0) is 11.2 Å². The fraction of sp³-hybridized carbons (Fsp3) is 0.500. The topological polar surface area (TPSA) is 46.3 Å². The number of amides is 1. The van der Waals surface area contributed by atoms with Gasteiger partial charge in [0.05, 0.1) is 6.42 Å². The summed E-state index contributed by atoms with van der Waals surface area (Å²) >= 11 is 0. The number of carbonyl (C=O) groups is 1. The zero-order valence-electron chi connectivity index (χ0n) is 11.3. The highest BCUT2D eigenvalue weighted by Gasteiger charge is 2.26. The van der Waals surface area contributed by atoms with Gasteiger partial charge in [-0.15, -0.1) is 12.4 Å². The van der Waals surface area contributed by atoms with E-state index >= 15 is 0 Å². The minimum absolute atomic E-state index is 0. The molecule has 0 saturated carbocycles. The molecule has 1 aliphatic heterocycles. The molecular weight excluding hydrogens is 286 g/mol.